The minimum atomic E-state index is -2.15. The van der Waals surface area contributed by atoms with Crippen LogP contribution in [0.25, 0.3) is 88.4 Å². The van der Waals surface area contributed by atoms with Crippen molar-refractivity contribution in [2.24, 2.45) is 0 Å². The summed E-state index contributed by atoms with van der Waals surface area (Å²) in [7, 11) is 21.3. The van der Waals surface area contributed by atoms with E-state index in [0.29, 0.717) is 0 Å². The van der Waals surface area contributed by atoms with Gasteiger partial charge in [-0.1, -0.05) is 149 Å². The quantitative estimate of drug-likeness (QED) is 0.190. The molecule has 2 heterocycles. The van der Waals surface area contributed by atoms with Gasteiger partial charge in [-0.3, -0.25) is 0 Å². The molecule has 2 aromatic heterocycles. The van der Waals surface area contributed by atoms with Gasteiger partial charge in [0.15, 0.2) is 0 Å². The molecule has 0 unspecified atom stereocenters. The van der Waals surface area contributed by atoms with Crippen LogP contribution < -0.4 is 54.6 Å². The number of fused-ring (bicyclic) bond motifs is 6. The molecule has 13 heteroatoms. The minimum absolute atomic E-state index is 1.14. The number of hydrogen-bond donors (Lipinski definition) is 0. The number of hydrogen-bond acceptors (Lipinski definition) is 0. The summed E-state index contributed by atoms with van der Waals surface area (Å²) in [6, 6.07) is 82.4. The van der Waals surface area contributed by atoms with Gasteiger partial charge in [-0.2, -0.15) is 0 Å². The minimum Gasteiger partial charge on any atom is -0.309 e. The van der Waals surface area contributed by atoms with Crippen LogP contribution in [0, 0.1) is 0 Å². The van der Waals surface area contributed by atoms with Gasteiger partial charge in [0.2, 0.25) is 0 Å². The van der Waals surface area contributed by atoms with Crippen LogP contribution in [0.2, 0.25) is 0 Å². The Hall–Kier alpha value is -7.98. The van der Waals surface area contributed by atoms with E-state index in [4.69, 9.17) is 0 Å². The number of aromatic nitrogens is 2. The molecule has 0 fully saturated rings. The molecule has 2 nitrogen and oxygen atoms in total. The molecule has 0 aliphatic heterocycles. The molecule has 0 aliphatic carbocycles. The maximum Gasteiger partial charge on any atom is 0.139 e. The molecule has 0 spiro atoms. The van der Waals surface area contributed by atoms with Crippen molar-refractivity contribution in [2.45, 2.75) is 19.6 Å². The summed E-state index contributed by atoms with van der Waals surface area (Å²) in [4.78, 5) is 5.21. The van der Waals surface area contributed by atoms with Gasteiger partial charge < -0.3 is 9.13 Å². The number of rotatable bonds is 9. The van der Waals surface area contributed by atoms with E-state index in [1.165, 1.54) is 157 Å². The lowest BCUT2D eigenvalue weighted by molar-refractivity contribution is 1.16. The first-order valence-electron chi connectivity index (χ1n) is 27.8. The lowest BCUT2D eigenvalue weighted by Gasteiger charge is -2.43. The van der Waals surface area contributed by atoms with Crippen LogP contribution in [-0.4, -0.2) is 87.6 Å². The second-order valence-corrected chi connectivity index (χ2v) is 25.0. The molecular weight excluding hydrogens is 961 g/mol. The topological polar surface area (TPSA) is 9.86 Å². The Kier molecular flexibility index (Phi) is 12.6. The predicted octanol–water partition coefficient (Wildman–Crippen LogP) is 0.807. The molecule has 79 heavy (non-hydrogen) atoms. The van der Waals surface area contributed by atoms with E-state index < -0.39 is 10.0 Å². The third-order valence-corrected chi connectivity index (χ3v) is 22.1. The molecule has 0 radical (unpaired) electrons. The largest absolute Gasteiger partial charge is 0.309 e. The van der Waals surface area contributed by atoms with Gasteiger partial charge in [0.05, 0.1) is 27.8 Å². The van der Waals surface area contributed by atoms with Crippen molar-refractivity contribution >= 4 is 187 Å². The van der Waals surface area contributed by atoms with Crippen molar-refractivity contribution < 1.29 is 0 Å². The van der Waals surface area contributed by atoms with Crippen LogP contribution in [0.5, 0.6) is 0 Å². The maximum absolute atomic E-state index is 2.65. The van der Waals surface area contributed by atoms with Gasteiger partial charge in [0, 0.05) is 57.9 Å². The highest BCUT2D eigenvalue weighted by Gasteiger charge is 2.36. The Balaban J connectivity index is 1.21. The summed E-state index contributed by atoms with van der Waals surface area (Å²) >= 11 is 0. The van der Waals surface area contributed by atoms with Gasteiger partial charge in [0.1, 0.15) is 78.5 Å². The van der Waals surface area contributed by atoms with Crippen LogP contribution in [-0.2, 0) is 0 Å². The van der Waals surface area contributed by atoms with E-state index in [0.717, 1.165) is 5.69 Å². The molecule has 0 saturated carbocycles. The Morgan fingerprint density at radius 2 is 0.608 bits per heavy atom. The molecule has 0 atom stereocenters. The average Bonchev–Trinajstić information content (AvgIpc) is 4.19. The van der Waals surface area contributed by atoms with Crippen molar-refractivity contribution in [3.05, 3.63) is 218 Å². The van der Waals surface area contributed by atoms with Gasteiger partial charge >= 0.3 is 0 Å². The third-order valence-electron chi connectivity index (χ3n) is 18.2. The zero-order valence-corrected chi connectivity index (χ0v) is 47.9. The second-order valence-electron chi connectivity index (χ2n) is 21.9. The zero-order valence-electron chi connectivity index (χ0n) is 47.1. The summed E-state index contributed by atoms with van der Waals surface area (Å²) in [6.45, 7) is 0. The number of para-hydroxylation sites is 2. The fraction of sp³-hybridized carbons (Fsp3) is 0. The molecule has 0 amide bonds. The van der Waals surface area contributed by atoms with Crippen LogP contribution in [0.15, 0.2) is 238 Å². The molecule has 11 aromatic carbocycles. The van der Waals surface area contributed by atoms with Gasteiger partial charge in [-0.25, -0.2) is 0 Å². The van der Waals surface area contributed by atoms with E-state index in [1.54, 1.807) is 0 Å². The van der Waals surface area contributed by atoms with Crippen molar-refractivity contribution in [1.82, 2.24) is 9.13 Å². The molecule has 0 saturated heterocycles. The first kappa shape index (κ1) is 50.5. The fourth-order valence-corrected chi connectivity index (χ4v) is 17.2. The highest BCUT2D eigenvalue weighted by molar-refractivity contribution is 8.34. The van der Waals surface area contributed by atoms with E-state index in [2.05, 4.69) is 306 Å². The SMILES string of the molecule is Bc1c(B)c(B)c(-c2cc(S(c3ccccc3)(c3ccccc3)c3ccccc3)cc(-c3c(B)c(B)c(B)c(B)c3B)c2-n2c3ccccc3c3cc(-n4c5ccccc5c5cc(-c6ccccc6)ccc54)ccc32)c(B)c1B. The first-order valence-corrected chi connectivity index (χ1v) is 29.5. The Morgan fingerprint density at radius 1 is 0.253 bits per heavy atom. The Labute approximate surface area is 475 Å². The molecule has 0 N–H and O–H groups in total. The summed E-state index contributed by atoms with van der Waals surface area (Å²) in [5, 5.41) is 4.93. The predicted molar refractivity (Wildman–Crippen MR) is 373 cm³/mol. The number of benzene rings is 11. The van der Waals surface area contributed by atoms with Gasteiger partial charge in [-0.05, 0) is 113 Å². The fourth-order valence-electron chi connectivity index (χ4n) is 13.3. The standard InChI is InChI=1S/C66H56B10N2S/c67-56-54(57(68)61(72)64(75)60(56)71)48-35-43(79(40-19-7-2-8-20-40,41-21-9-3-10-22-41)42-23-11-4-12-24-42)36-49(55-58(69)62(73)65(76)63(74)59(55)70)66(48)78-51-28-16-14-26-45(51)47-34-39(30-32-53(47)78)77-50-27-15-13-25-44(50)46-33-38(29-31-52(46)77)37-17-5-1-6-18-37/h1-36H,67-76H2. The summed E-state index contributed by atoms with van der Waals surface area (Å²) in [6.07, 6.45) is 0. The smallest absolute Gasteiger partial charge is 0.139 e. The Bertz CT molecular complexity index is 4360. The lowest BCUT2D eigenvalue weighted by Crippen LogP contribution is -2.55. The molecule has 0 bridgehead atoms. The van der Waals surface area contributed by atoms with Crippen LogP contribution in [0.3, 0.4) is 0 Å². The monoisotopic (exact) mass is 1020 g/mol. The molecule has 13 aromatic rings. The van der Waals surface area contributed by atoms with Crippen molar-refractivity contribution in [1.29, 1.82) is 0 Å². The number of nitrogens with zero attached hydrogens (tertiary/aromatic N) is 2. The highest BCUT2D eigenvalue weighted by Crippen LogP contribution is 2.74. The van der Waals surface area contributed by atoms with E-state index >= 15 is 0 Å². The normalized spacial score (nSPS) is 12.0. The van der Waals surface area contributed by atoms with E-state index in [9.17, 15) is 0 Å². The molecule has 0 aliphatic rings. The van der Waals surface area contributed by atoms with E-state index in [1.807, 2.05) is 0 Å². The summed E-state index contributed by atoms with van der Waals surface area (Å²) in [5.41, 5.74) is 28.0. The summed E-state index contributed by atoms with van der Waals surface area (Å²) in [5.74, 6) is 0. The summed E-state index contributed by atoms with van der Waals surface area (Å²) < 4.78 is 5.13. The van der Waals surface area contributed by atoms with Crippen LogP contribution in [0.1, 0.15) is 0 Å². The van der Waals surface area contributed by atoms with Gasteiger partial charge in [-0.15, -0.1) is 42.8 Å². The maximum atomic E-state index is 2.65. The second kappa shape index (κ2) is 19.7. The van der Waals surface area contributed by atoms with E-state index in [-0.39, 0.29) is 0 Å². The van der Waals surface area contributed by atoms with Crippen LogP contribution in [0.4, 0.5) is 0 Å². The zero-order chi connectivity index (χ0) is 54.4. The Morgan fingerprint density at radius 3 is 1.08 bits per heavy atom. The first-order chi connectivity index (χ1) is 38.4. The van der Waals surface area contributed by atoms with Gasteiger partial charge in [0.25, 0.3) is 0 Å². The highest BCUT2D eigenvalue weighted by atomic mass is 32.3. The average molecular weight is 1020 g/mol. The lowest BCUT2D eigenvalue weighted by atomic mass is 9.58. The van der Waals surface area contributed by atoms with Crippen molar-refractivity contribution in [3.8, 4) is 44.8 Å². The third kappa shape index (κ3) is 7.78. The molecule has 366 valence electrons. The molecule has 13 rings (SSSR count). The van der Waals surface area contributed by atoms with Crippen LogP contribution >= 0.6 is 10.0 Å². The molecular formula is C66H56B10N2S. The van der Waals surface area contributed by atoms with Crippen molar-refractivity contribution in [2.75, 3.05) is 0 Å². The van der Waals surface area contributed by atoms with Crippen molar-refractivity contribution in [3.63, 3.8) is 0 Å².